The highest BCUT2D eigenvalue weighted by molar-refractivity contribution is 5.96. The van der Waals surface area contributed by atoms with Crippen molar-refractivity contribution >= 4 is 16.9 Å². The third kappa shape index (κ3) is 2.81. The molecule has 1 aromatic heterocycles. The molecule has 1 heterocycles. The number of para-hydroxylation sites is 1. The predicted octanol–water partition coefficient (Wildman–Crippen LogP) is 3.10. The van der Waals surface area contributed by atoms with E-state index in [0.717, 1.165) is 31.1 Å². The minimum atomic E-state index is -0.497. The average molecular weight is 287 g/mol. The molecule has 3 rings (SSSR count). The number of hydrogen-bond acceptors (Lipinski definition) is 3. The molecule has 4 nitrogen and oxygen atoms in total. The van der Waals surface area contributed by atoms with Gasteiger partial charge in [-0.25, -0.2) is 0 Å². The fraction of sp³-hybridized carbons (Fsp3) is 0.471. The molecule has 21 heavy (non-hydrogen) atoms. The first-order valence-electron chi connectivity index (χ1n) is 7.54. The Morgan fingerprint density at radius 3 is 2.76 bits per heavy atom. The lowest BCUT2D eigenvalue weighted by molar-refractivity contribution is 0.0695. The van der Waals surface area contributed by atoms with E-state index in [9.17, 15) is 9.90 Å². The van der Waals surface area contributed by atoms with Crippen molar-refractivity contribution in [2.45, 2.75) is 38.1 Å². The summed E-state index contributed by atoms with van der Waals surface area (Å²) >= 11 is 0. The van der Waals surface area contributed by atoms with Gasteiger partial charge in [-0.1, -0.05) is 25.1 Å². The molecular formula is C17H21NO3. The highest BCUT2D eigenvalue weighted by Crippen LogP contribution is 2.32. The van der Waals surface area contributed by atoms with E-state index in [4.69, 9.17) is 4.42 Å². The van der Waals surface area contributed by atoms with Crippen LogP contribution < -0.4 is 5.32 Å². The summed E-state index contributed by atoms with van der Waals surface area (Å²) in [4.78, 5) is 12.4. The Kier molecular flexibility index (Phi) is 3.72. The van der Waals surface area contributed by atoms with Gasteiger partial charge in [0.1, 0.15) is 5.58 Å². The van der Waals surface area contributed by atoms with E-state index < -0.39 is 5.54 Å². The molecule has 0 bridgehead atoms. The zero-order chi connectivity index (χ0) is 14.9. The largest absolute Gasteiger partial charge is 0.451 e. The molecule has 0 atom stereocenters. The quantitative estimate of drug-likeness (QED) is 0.911. The molecule has 0 unspecified atom stereocenters. The Bertz CT molecular complexity index is 605. The Balaban J connectivity index is 1.78. The average Bonchev–Trinajstić information content (AvgIpc) is 2.94. The molecule has 1 saturated carbocycles. The summed E-state index contributed by atoms with van der Waals surface area (Å²) in [5.41, 5.74) is 0.209. The van der Waals surface area contributed by atoms with Crippen molar-refractivity contribution in [1.29, 1.82) is 0 Å². The van der Waals surface area contributed by atoms with Gasteiger partial charge in [-0.05, 0) is 43.7 Å². The molecular weight excluding hydrogens is 266 g/mol. The summed E-state index contributed by atoms with van der Waals surface area (Å²) < 4.78 is 5.59. The van der Waals surface area contributed by atoms with E-state index in [1.54, 1.807) is 6.07 Å². The number of carbonyl (C=O) groups excluding carboxylic acids is 1. The van der Waals surface area contributed by atoms with Gasteiger partial charge in [0.15, 0.2) is 5.76 Å². The molecule has 2 aromatic rings. The van der Waals surface area contributed by atoms with Gasteiger partial charge in [0.05, 0.1) is 12.1 Å². The summed E-state index contributed by atoms with van der Waals surface area (Å²) in [5, 5.41) is 13.6. The van der Waals surface area contributed by atoms with Crippen molar-refractivity contribution in [3.8, 4) is 0 Å². The first kappa shape index (κ1) is 14.1. The minimum Gasteiger partial charge on any atom is -0.451 e. The van der Waals surface area contributed by atoms with Crippen LogP contribution in [-0.4, -0.2) is 23.2 Å². The molecule has 0 saturated heterocycles. The molecule has 112 valence electrons. The Hall–Kier alpha value is -1.81. The van der Waals surface area contributed by atoms with Gasteiger partial charge in [-0.15, -0.1) is 0 Å². The second-order valence-corrected chi connectivity index (χ2v) is 6.22. The maximum Gasteiger partial charge on any atom is 0.287 e. The van der Waals surface area contributed by atoms with Crippen LogP contribution in [0.25, 0.3) is 11.0 Å². The number of carbonyl (C=O) groups is 1. The summed E-state index contributed by atoms with van der Waals surface area (Å²) in [6.45, 7) is 2.19. The van der Waals surface area contributed by atoms with Gasteiger partial charge in [-0.2, -0.15) is 0 Å². The van der Waals surface area contributed by atoms with Crippen LogP contribution in [0.4, 0.5) is 0 Å². The number of nitrogens with one attached hydrogen (secondary N) is 1. The van der Waals surface area contributed by atoms with E-state index >= 15 is 0 Å². The summed E-state index contributed by atoms with van der Waals surface area (Å²) in [6, 6.07) is 9.31. The van der Waals surface area contributed by atoms with Crippen LogP contribution in [-0.2, 0) is 0 Å². The SMILES string of the molecule is CC1CCC(CO)(NC(=O)c2cc3ccccc3o2)CC1. The third-order valence-electron chi connectivity index (χ3n) is 4.56. The van der Waals surface area contributed by atoms with Gasteiger partial charge in [0.25, 0.3) is 5.91 Å². The number of rotatable bonds is 3. The number of fused-ring (bicyclic) bond motifs is 1. The van der Waals surface area contributed by atoms with Crippen LogP contribution in [0.5, 0.6) is 0 Å². The molecule has 4 heteroatoms. The second-order valence-electron chi connectivity index (χ2n) is 6.22. The van der Waals surface area contributed by atoms with Crippen molar-refractivity contribution in [2.75, 3.05) is 6.61 Å². The van der Waals surface area contributed by atoms with E-state index in [0.29, 0.717) is 17.3 Å². The van der Waals surface area contributed by atoms with Crippen LogP contribution in [0.3, 0.4) is 0 Å². The van der Waals surface area contributed by atoms with Crippen LogP contribution >= 0.6 is 0 Å². The molecule has 2 N–H and O–H groups in total. The molecule has 1 aromatic carbocycles. The molecule has 0 aliphatic heterocycles. The first-order valence-corrected chi connectivity index (χ1v) is 7.54. The standard InChI is InChI=1S/C17H21NO3/c1-12-6-8-17(11-19,9-7-12)18-16(20)15-10-13-4-2-3-5-14(13)21-15/h2-5,10,12,19H,6-9,11H2,1H3,(H,18,20). The molecule has 1 aliphatic rings. The first-order chi connectivity index (χ1) is 10.1. The highest BCUT2D eigenvalue weighted by Gasteiger charge is 2.35. The van der Waals surface area contributed by atoms with Crippen molar-refractivity contribution in [3.05, 3.63) is 36.1 Å². The lowest BCUT2D eigenvalue weighted by Gasteiger charge is -2.38. The normalized spacial score (nSPS) is 25.9. The van der Waals surface area contributed by atoms with Crippen LogP contribution in [0.1, 0.15) is 43.2 Å². The summed E-state index contributed by atoms with van der Waals surface area (Å²) in [6.07, 6.45) is 3.69. The van der Waals surface area contributed by atoms with Gasteiger partial charge in [-0.3, -0.25) is 4.79 Å². The zero-order valence-electron chi connectivity index (χ0n) is 12.3. The Morgan fingerprint density at radius 1 is 1.38 bits per heavy atom. The molecule has 0 radical (unpaired) electrons. The predicted molar refractivity (Wildman–Crippen MR) is 81.1 cm³/mol. The van der Waals surface area contributed by atoms with Gasteiger partial charge < -0.3 is 14.8 Å². The second kappa shape index (κ2) is 5.53. The fourth-order valence-electron chi connectivity index (χ4n) is 3.03. The molecule has 1 fully saturated rings. The van der Waals surface area contributed by atoms with Crippen molar-refractivity contribution in [3.63, 3.8) is 0 Å². The lowest BCUT2D eigenvalue weighted by atomic mass is 9.77. The Morgan fingerprint density at radius 2 is 2.10 bits per heavy atom. The zero-order valence-corrected chi connectivity index (χ0v) is 12.3. The van der Waals surface area contributed by atoms with Gasteiger partial charge >= 0.3 is 0 Å². The molecule has 0 spiro atoms. The van der Waals surface area contributed by atoms with Gasteiger partial charge in [0.2, 0.25) is 0 Å². The van der Waals surface area contributed by atoms with Crippen molar-refractivity contribution in [2.24, 2.45) is 5.92 Å². The van der Waals surface area contributed by atoms with Crippen molar-refractivity contribution < 1.29 is 14.3 Å². The van der Waals surface area contributed by atoms with E-state index in [1.807, 2.05) is 24.3 Å². The number of aliphatic hydroxyl groups is 1. The van der Waals surface area contributed by atoms with Crippen molar-refractivity contribution in [1.82, 2.24) is 5.32 Å². The topological polar surface area (TPSA) is 62.5 Å². The van der Waals surface area contributed by atoms with Crippen LogP contribution in [0.2, 0.25) is 0 Å². The van der Waals surface area contributed by atoms with E-state index in [1.165, 1.54) is 0 Å². The smallest absolute Gasteiger partial charge is 0.287 e. The fourth-order valence-corrected chi connectivity index (χ4v) is 3.03. The number of furan rings is 1. The monoisotopic (exact) mass is 287 g/mol. The van der Waals surface area contributed by atoms with E-state index in [-0.39, 0.29) is 12.5 Å². The summed E-state index contributed by atoms with van der Waals surface area (Å²) in [5.74, 6) is 0.727. The third-order valence-corrected chi connectivity index (χ3v) is 4.56. The van der Waals surface area contributed by atoms with Gasteiger partial charge in [0, 0.05) is 5.39 Å². The maximum atomic E-state index is 12.4. The molecule has 1 amide bonds. The maximum absolute atomic E-state index is 12.4. The highest BCUT2D eigenvalue weighted by atomic mass is 16.3. The summed E-state index contributed by atoms with van der Waals surface area (Å²) in [7, 11) is 0. The number of benzene rings is 1. The Labute approximate surface area is 124 Å². The number of amides is 1. The van der Waals surface area contributed by atoms with Crippen LogP contribution in [0, 0.1) is 5.92 Å². The minimum absolute atomic E-state index is 0.0221. The van der Waals surface area contributed by atoms with Crippen LogP contribution in [0.15, 0.2) is 34.7 Å². The number of aliphatic hydroxyl groups excluding tert-OH is 1. The number of hydrogen-bond donors (Lipinski definition) is 2. The molecule has 1 aliphatic carbocycles. The van der Waals surface area contributed by atoms with E-state index in [2.05, 4.69) is 12.2 Å². The lowest BCUT2D eigenvalue weighted by Crippen LogP contribution is -2.53.